The summed E-state index contributed by atoms with van der Waals surface area (Å²) in [6.45, 7) is 49.9. The molecule has 0 radical (unpaired) electrons. The Morgan fingerprint density at radius 3 is 0.588 bits per heavy atom. The van der Waals surface area contributed by atoms with Crippen LogP contribution >= 0.6 is 0 Å². The van der Waals surface area contributed by atoms with Crippen molar-refractivity contribution in [3.05, 3.63) is 100 Å². The summed E-state index contributed by atoms with van der Waals surface area (Å²) in [7, 11) is 0. The Morgan fingerprint density at radius 1 is 0.132 bits per heavy atom. The zero-order chi connectivity index (χ0) is 47.6. The van der Waals surface area contributed by atoms with Crippen molar-refractivity contribution in [1.29, 1.82) is 0 Å². The first kappa shape index (κ1) is 38.9. The van der Waals surface area contributed by atoms with Gasteiger partial charge >= 0.3 is 0 Å². The largest absolute Gasteiger partial charge is 0.0549 e. The van der Waals surface area contributed by atoms with Crippen molar-refractivity contribution in [2.45, 2.75) is 149 Å². The van der Waals surface area contributed by atoms with Crippen molar-refractivity contribution in [2.75, 3.05) is 0 Å². The van der Waals surface area contributed by atoms with Gasteiger partial charge < -0.3 is 0 Å². The normalized spacial score (nSPS) is 15.9. The van der Waals surface area contributed by atoms with Crippen molar-refractivity contribution in [1.82, 2.24) is 0 Å². The Labute approximate surface area is 398 Å². The van der Waals surface area contributed by atoms with Crippen LogP contribution in [0.1, 0.15) is 128 Å². The molecule has 68 heavy (non-hydrogen) atoms. The van der Waals surface area contributed by atoms with Crippen LogP contribution in [0.15, 0.2) is 0 Å². The van der Waals surface area contributed by atoms with Crippen LogP contribution in [0.25, 0.3) is 151 Å². The monoisotopic (exact) mass is 876 g/mol. The molecule has 0 amide bonds. The average molecular weight is 877 g/mol. The molecule has 0 heterocycles. The summed E-state index contributed by atoms with van der Waals surface area (Å²) in [6, 6.07) is 0. The van der Waals surface area contributed by atoms with E-state index in [2.05, 4.69) is 138 Å². The summed E-state index contributed by atoms with van der Waals surface area (Å²) < 4.78 is 0. The summed E-state index contributed by atoms with van der Waals surface area (Å²) in [5.74, 6) is 0. The predicted octanol–water partition coefficient (Wildman–Crippen LogP) is 19.8. The highest BCUT2D eigenvalue weighted by atomic mass is 14.5. The van der Waals surface area contributed by atoms with Crippen molar-refractivity contribution >= 4 is 151 Å². The summed E-state index contributed by atoms with van der Waals surface area (Å²) in [4.78, 5) is 0. The number of fused-ring (bicyclic) bond motifs is 1. The molecule has 0 spiro atoms. The third kappa shape index (κ3) is 3.21. The Bertz CT molecular complexity index is 5010. The van der Waals surface area contributed by atoms with Crippen molar-refractivity contribution in [3.63, 3.8) is 0 Å². The molecular formula is C68H60. The van der Waals surface area contributed by atoms with Crippen LogP contribution < -0.4 is 0 Å². The van der Waals surface area contributed by atoms with E-state index in [1.807, 2.05) is 0 Å². The van der Waals surface area contributed by atoms with Crippen LogP contribution in [0.4, 0.5) is 0 Å². The Morgan fingerprint density at radius 2 is 0.294 bits per heavy atom. The second kappa shape index (κ2) is 10.6. The minimum atomic E-state index is -0.0944. The first-order valence-corrected chi connectivity index (χ1v) is 25.8. The van der Waals surface area contributed by atoms with Crippen LogP contribution in [0.2, 0.25) is 0 Å². The van der Waals surface area contributed by atoms with Gasteiger partial charge in [0.15, 0.2) is 0 Å². The molecule has 0 atom stereocenters. The van der Waals surface area contributed by atoms with Gasteiger partial charge in [-0.25, -0.2) is 0 Å². The van der Waals surface area contributed by atoms with Gasteiger partial charge in [-0.1, -0.05) is 27.7 Å². The van der Waals surface area contributed by atoms with E-state index in [4.69, 9.17) is 0 Å². The number of hydrogen-bond donors (Lipinski definition) is 0. The molecule has 15 aromatic rings. The summed E-state index contributed by atoms with van der Waals surface area (Å²) in [5, 5.41) is 42.7. The van der Waals surface area contributed by atoms with Crippen molar-refractivity contribution < 1.29 is 0 Å². The highest BCUT2D eigenvalue weighted by Crippen LogP contribution is 2.68. The maximum absolute atomic E-state index is 2.59. The Hall–Kier alpha value is -5.98. The van der Waals surface area contributed by atoms with Crippen LogP contribution in [0.3, 0.4) is 0 Å². The number of aryl methyl sites for hydroxylation is 14. The second-order valence-corrected chi connectivity index (χ2v) is 24.5. The van der Waals surface area contributed by atoms with Gasteiger partial charge in [0.25, 0.3) is 0 Å². The molecule has 0 aliphatic heterocycles. The molecule has 0 heteroatoms. The molecule has 332 valence electrons. The molecule has 1 aliphatic rings. The highest BCUT2D eigenvalue weighted by molar-refractivity contribution is 6.61. The van der Waals surface area contributed by atoms with Crippen LogP contribution in [-0.2, 0) is 10.8 Å². The quantitative estimate of drug-likeness (QED) is 0.105. The minimum Gasteiger partial charge on any atom is -0.0549 e. The third-order valence-corrected chi connectivity index (χ3v) is 22.1. The van der Waals surface area contributed by atoms with Gasteiger partial charge in [0.2, 0.25) is 0 Å². The van der Waals surface area contributed by atoms with Gasteiger partial charge in [-0.3, -0.25) is 0 Å². The average Bonchev–Trinajstić information content (AvgIpc) is 3.45. The standard InChI is InChI=1S/C68H60/c1-21-23(3)37-29(9)40-27(7)28(8)41-32(12)44-33(13)43-31(11)39-25(5)22(2)26(6)47-49(39)58-53(43)61-54(44)59-51(41)50(40)57-48(37)38(24(21)4)30(10)42-34(14)45-35(15)46-36(16)65-64(66(47)68(19,20)67(65,17)18)63(58)56(46)62(61)55(45)60(59)52(42)57/h1-20H3. The number of rotatable bonds is 0. The topological polar surface area (TPSA) is 0 Å². The molecule has 0 fully saturated rings. The van der Waals surface area contributed by atoms with Crippen LogP contribution in [0.5, 0.6) is 0 Å². The van der Waals surface area contributed by atoms with Gasteiger partial charge in [0.05, 0.1) is 0 Å². The molecule has 0 aromatic heterocycles. The zero-order valence-corrected chi connectivity index (χ0v) is 44.0. The molecule has 0 saturated carbocycles. The van der Waals surface area contributed by atoms with Crippen LogP contribution in [0, 0.1) is 111 Å². The minimum absolute atomic E-state index is 0.0886. The summed E-state index contributed by atoms with van der Waals surface area (Å²) in [5.41, 5.74) is 26.5. The lowest BCUT2D eigenvalue weighted by Crippen LogP contribution is -2.36. The molecule has 0 unspecified atom stereocenters. The van der Waals surface area contributed by atoms with Crippen LogP contribution in [-0.4, -0.2) is 0 Å². The molecule has 0 bridgehead atoms. The van der Waals surface area contributed by atoms with Crippen molar-refractivity contribution in [2.24, 2.45) is 0 Å². The van der Waals surface area contributed by atoms with E-state index >= 15 is 0 Å². The van der Waals surface area contributed by atoms with E-state index in [9.17, 15) is 0 Å². The molecule has 15 aromatic carbocycles. The molecule has 0 nitrogen and oxygen atoms in total. The molecular weight excluding hydrogens is 817 g/mol. The highest BCUT2D eigenvalue weighted by Gasteiger charge is 2.51. The first-order chi connectivity index (χ1) is 32.1. The van der Waals surface area contributed by atoms with E-state index in [-0.39, 0.29) is 10.8 Å². The maximum atomic E-state index is 2.59. The fourth-order valence-corrected chi connectivity index (χ4v) is 18.5. The Balaban J connectivity index is 1.42. The van der Waals surface area contributed by atoms with E-state index in [0.717, 1.165) is 0 Å². The predicted molar refractivity (Wildman–Crippen MR) is 303 cm³/mol. The molecule has 0 saturated heterocycles. The van der Waals surface area contributed by atoms with E-state index in [1.165, 1.54) is 191 Å². The number of hydrogen-bond acceptors (Lipinski definition) is 0. The lowest BCUT2D eigenvalue weighted by molar-refractivity contribution is 0.323. The second-order valence-electron chi connectivity index (χ2n) is 24.5. The smallest absolute Gasteiger partial charge is 0.0000803 e. The van der Waals surface area contributed by atoms with Gasteiger partial charge in [0, 0.05) is 5.41 Å². The van der Waals surface area contributed by atoms with E-state index in [1.54, 1.807) is 59.6 Å². The SMILES string of the molecule is Cc1c(C)c2c(C)c3c(C)c(C)c4c(C)c5c(C)c6c(C)c7c(C)c(C)c(C)c8c9c%10c(c(C)c%11c(C)c%12c(C)c%13c(C)c(c1C)c2c1c3c4c2c5c3c6c(c87)c%10c%11c3c%12c2c%131)C(C)(C)C9(C)C. The number of benzene rings is 15. The lowest BCUT2D eigenvalue weighted by atomic mass is 9.65. The Kier molecular flexibility index (Phi) is 6.07. The first-order valence-electron chi connectivity index (χ1n) is 25.8. The van der Waals surface area contributed by atoms with Gasteiger partial charge in [-0.15, -0.1) is 0 Å². The maximum Gasteiger partial charge on any atom is 0.0000803 e. The van der Waals surface area contributed by atoms with Gasteiger partial charge in [-0.05, 0) is 367 Å². The third-order valence-electron chi connectivity index (χ3n) is 22.1. The van der Waals surface area contributed by atoms with E-state index < -0.39 is 0 Å². The fraction of sp³-hybridized carbons (Fsp3) is 0.324. The fourth-order valence-electron chi connectivity index (χ4n) is 18.5. The summed E-state index contributed by atoms with van der Waals surface area (Å²) in [6.07, 6.45) is 0. The molecule has 1 aliphatic carbocycles. The van der Waals surface area contributed by atoms with Gasteiger partial charge in [-0.2, -0.15) is 0 Å². The van der Waals surface area contributed by atoms with E-state index in [0.29, 0.717) is 0 Å². The molecule has 16 rings (SSSR count). The van der Waals surface area contributed by atoms with Crippen molar-refractivity contribution in [3.8, 4) is 0 Å². The molecule has 0 N–H and O–H groups in total. The zero-order valence-electron chi connectivity index (χ0n) is 44.0. The lowest BCUT2D eigenvalue weighted by Gasteiger charge is -2.38. The van der Waals surface area contributed by atoms with Gasteiger partial charge in [0.1, 0.15) is 0 Å². The summed E-state index contributed by atoms with van der Waals surface area (Å²) >= 11 is 0.